The number of carbonyl (C=O) groups excluding carboxylic acids is 3. The minimum Gasteiger partial charge on any atom is -0.465 e. The van der Waals surface area contributed by atoms with Crippen LogP contribution in [-0.2, 0) is 23.9 Å². The summed E-state index contributed by atoms with van der Waals surface area (Å²) in [5, 5.41) is 12.6. The molecule has 2 unspecified atom stereocenters. The van der Waals surface area contributed by atoms with E-state index in [1.807, 2.05) is 62.4 Å². The molecule has 5 rings (SSSR count). The van der Waals surface area contributed by atoms with E-state index in [2.05, 4.69) is 13.2 Å². The molecule has 3 heterocycles. The fraction of sp³-hybridized carbons (Fsp3) is 0.514. The van der Waals surface area contributed by atoms with Crippen molar-refractivity contribution in [1.82, 2.24) is 4.90 Å². The fourth-order valence-corrected chi connectivity index (χ4v) is 7.41. The zero-order valence-electron chi connectivity index (χ0n) is 25.3. The van der Waals surface area contributed by atoms with Crippen molar-refractivity contribution in [2.45, 2.75) is 76.2 Å². The van der Waals surface area contributed by atoms with Crippen molar-refractivity contribution in [1.29, 1.82) is 0 Å². The number of aliphatic hydroxyl groups excluding tert-OH is 1. The lowest BCUT2D eigenvalue weighted by atomic mass is 9.70. The first-order valence-electron chi connectivity index (χ1n) is 15.6. The van der Waals surface area contributed by atoms with E-state index in [0.29, 0.717) is 31.4 Å². The Morgan fingerprint density at radius 2 is 1.95 bits per heavy atom. The van der Waals surface area contributed by atoms with Crippen molar-refractivity contribution in [3.63, 3.8) is 0 Å². The number of aliphatic hydroxyl groups is 1. The highest BCUT2D eigenvalue weighted by Gasteiger charge is 2.75. The van der Waals surface area contributed by atoms with E-state index in [1.54, 1.807) is 15.9 Å². The van der Waals surface area contributed by atoms with Crippen LogP contribution < -0.4 is 4.90 Å². The number of rotatable bonds is 14. The van der Waals surface area contributed by atoms with Gasteiger partial charge < -0.3 is 24.4 Å². The number of unbranched alkanes of at least 4 members (excludes halogenated alkanes) is 2. The molecular formula is C35H44N2O6. The number of amides is 2. The van der Waals surface area contributed by atoms with Gasteiger partial charge in [-0.2, -0.15) is 0 Å². The van der Waals surface area contributed by atoms with E-state index < -0.39 is 41.6 Å². The first kappa shape index (κ1) is 31.0. The summed E-state index contributed by atoms with van der Waals surface area (Å²) >= 11 is 0. The Morgan fingerprint density at radius 1 is 1.19 bits per heavy atom. The van der Waals surface area contributed by atoms with Crippen molar-refractivity contribution in [2.75, 3.05) is 24.7 Å². The average molecular weight is 589 g/mol. The van der Waals surface area contributed by atoms with E-state index >= 15 is 0 Å². The van der Waals surface area contributed by atoms with Crippen LogP contribution in [0.3, 0.4) is 0 Å². The zero-order valence-corrected chi connectivity index (χ0v) is 25.3. The van der Waals surface area contributed by atoms with Crippen molar-refractivity contribution in [2.24, 2.45) is 17.8 Å². The number of esters is 1. The second kappa shape index (κ2) is 13.0. The summed E-state index contributed by atoms with van der Waals surface area (Å²) in [5.74, 6) is -2.78. The van der Waals surface area contributed by atoms with Crippen molar-refractivity contribution in [3.05, 3.63) is 67.8 Å². The monoisotopic (exact) mass is 588 g/mol. The van der Waals surface area contributed by atoms with Gasteiger partial charge in [0.1, 0.15) is 11.6 Å². The molecule has 43 heavy (non-hydrogen) atoms. The van der Waals surface area contributed by atoms with E-state index in [1.165, 1.54) is 0 Å². The van der Waals surface area contributed by atoms with Gasteiger partial charge >= 0.3 is 5.97 Å². The van der Waals surface area contributed by atoms with Gasteiger partial charge in [0.15, 0.2) is 0 Å². The molecule has 3 fully saturated rings. The molecule has 1 spiro atoms. The van der Waals surface area contributed by atoms with Crippen LogP contribution >= 0.6 is 0 Å². The lowest BCUT2D eigenvalue weighted by Gasteiger charge is -2.41. The van der Waals surface area contributed by atoms with Crippen molar-refractivity contribution < 1.29 is 29.0 Å². The van der Waals surface area contributed by atoms with Gasteiger partial charge in [-0.05, 0) is 60.9 Å². The summed E-state index contributed by atoms with van der Waals surface area (Å²) < 4.78 is 12.3. The Balaban J connectivity index is 1.53. The third-order valence-electron chi connectivity index (χ3n) is 9.76. The zero-order chi connectivity index (χ0) is 30.7. The number of hydrogen-bond donors (Lipinski definition) is 1. The first-order chi connectivity index (χ1) is 20.8. The smallest absolute Gasteiger partial charge is 0.312 e. The number of anilines is 1. The van der Waals surface area contributed by atoms with Crippen LogP contribution in [-0.4, -0.2) is 71.3 Å². The van der Waals surface area contributed by atoms with E-state index in [0.717, 1.165) is 23.6 Å². The molecule has 2 aromatic rings. The average Bonchev–Trinajstić information content (AvgIpc) is 3.67. The molecule has 7 atom stereocenters. The molecule has 2 amide bonds. The molecule has 0 aromatic heterocycles. The van der Waals surface area contributed by atoms with Crippen LogP contribution in [0.25, 0.3) is 10.8 Å². The molecule has 0 aliphatic carbocycles. The Bertz CT molecular complexity index is 1380. The lowest BCUT2D eigenvalue weighted by Crippen LogP contribution is -2.60. The Hall–Kier alpha value is -3.49. The summed E-state index contributed by atoms with van der Waals surface area (Å²) in [5.41, 5.74) is -0.495. The lowest BCUT2D eigenvalue weighted by molar-refractivity contribution is -0.156. The number of nitrogens with zero attached hydrogens (tertiary/aromatic N) is 2. The Kier molecular flexibility index (Phi) is 9.37. The summed E-state index contributed by atoms with van der Waals surface area (Å²) in [4.78, 5) is 46.0. The number of carbonyl (C=O) groups is 3. The molecule has 0 radical (unpaired) electrons. The van der Waals surface area contributed by atoms with Crippen LogP contribution in [0.2, 0.25) is 0 Å². The third kappa shape index (κ3) is 5.40. The minimum absolute atomic E-state index is 0.0829. The normalized spacial score (nSPS) is 27.1. The second-order valence-corrected chi connectivity index (χ2v) is 12.2. The topological polar surface area (TPSA) is 96.4 Å². The molecule has 8 heteroatoms. The molecular weight excluding hydrogens is 544 g/mol. The summed E-state index contributed by atoms with van der Waals surface area (Å²) in [6, 6.07) is 12.2. The maximum atomic E-state index is 14.8. The highest BCUT2D eigenvalue weighted by molar-refractivity contribution is 6.05. The van der Waals surface area contributed by atoms with Crippen molar-refractivity contribution >= 4 is 34.2 Å². The number of allylic oxidation sites excluding steroid dienone is 1. The molecule has 3 aliphatic rings. The highest BCUT2D eigenvalue weighted by atomic mass is 16.6. The molecule has 1 N–H and O–H groups in total. The van der Waals surface area contributed by atoms with Crippen LogP contribution in [0, 0.1) is 17.8 Å². The SMILES string of the molecule is C=CCCCCOC(=O)[C@@H]1[C@H]2C(=O)N([C@@H](CO)[C@@H](C)CC)C(C(=O)N(CC=C)c3ccc4ccccc4c3)C23CC[C@H]1O3. The number of likely N-dealkylation sites (tertiary alicyclic amines) is 1. The largest absolute Gasteiger partial charge is 0.465 e. The van der Waals surface area contributed by atoms with Gasteiger partial charge in [0.2, 0.25) is 5.91 Å². The standard InChI is InChI=1S/C35H44N2O6/c1-5-8-9-12-20-42-34(41)29-28-17-18-35(43-28)30(29)32(39)37(27(22-38)23(4)7-3)31(35)33(40)36(19-6-2)26-16-15-24-13-10-11-14-25(24)21-26/h5-6,10-11,13-16,21,23,27-31,38H,1-2,7-9,12,17-20,22H2,3-4H3/t23-,27-,28+,29-,30-,31?,35?/m0/s1. The highest BCUT2D eigenvalue weighted by Crippen LogP contribution is 2.59. The third-order valence-corrected chi connectivity index (χ3v) is 9.76. The first-order valence-corrected chi connectivity index (χ1v) is 15.6. The molecule has 3 aliphatic heterocycles. The van der Waals surface area contributed by atoms with Crippen LogP contribution in [0.4, 0.5) is 5.69 Å². The van der Waals surface area contributed by atoms with Gasteiger partial charge in [-0.1, -0.05) is 62.8 Å². The van der Waals surface area contributed by atoms with Gasteiger partial charge in [-0.15, -0.1) is 13.2 Å². The van der Waals surface area contributed by atoms with Crippen LogP contribution in [0.15, 0.2) is 67.8 Å². The molecule has 0 saturated carbocycles. The molecule has 3 saturated heterocycles. The maximum Gasteiger partial charge on any atom is 0.312 e. The summed E-state index contributed by atoms with van der Waals surface area (Å²) in [6.45, 7) is 11.8. The number of hydrogen-bond acceptors (Lipinski definition) is 6. The van der Waals surface area contributed by atoms with Crippen molar-refractivity contribution in [3.8, 4) is 0 Å². The Morgan fingerprint density at radius 3 is 2.65 bits per heavy atom. The number of ether oxygens (including phenoxy) is 2. The second-order valence-electron chi connectivity index (χ2n) is 12.2. The Labute approximate surface area is 254 Å². The van der Waals surface area contributed by atoms with E-state index in [9.17, 15) is 19.5 Å². The van der Waals surface area contributed by atoms with E-state index in [4.69, 9.17) is 9.47 Å². The molecule has 230 valence electrons. The van der Waals surface area contributed by atoms with Crippen LogP contribution in [0.5, 0.6) is 0 Å². The maximum absolute atomic E-state index is 14.8. The summed E-state index contributed by atoms with van der Waals surface area (Å²) in [7, 11) is 0. The van der Waals surface area contributed by atoms with E-state index in [-0.39, 0.29) is 37.5 Å². The van der Waals surface area contributed by atoms with Gasteiger partial charge in [0, 0.05) is 12.2 Å². The van der Waals surface area contributed by atoms with Gasteiger partial charge in [0.05, 0.1) is 37.2 Å². The van der Waals surface area contributed by atoms with Gasteiger partial charge in [0.25, 0.3) is 5.91 Å². The predicted octanol–water partition coefficient (Wildman–Crippen LogP) is 5.04. The number of benzene rings is 2. The summed E-state index contributed by atoms with van der Waals surface area (Å²) in [6.07, 6.45) is 7.15. The van der Waals surface area contributed by atoms with Gasteiger partial charge in [-0.3, -0.25) is 14.4 Å². The molecule has 8 nitrogen and oxygen atoms in total. The fourth-order valence-electron chi connectivity index (χ4n) is 7.41. The van der Waals surface area contributed by atoms with Gasteiger partial charge in [-0.25, -0.2) is 0 Å². The molecule has 2 aromatic carbocycles. The molecule has 2 bridgehead atoms. The van der Waals surface area contributed by atoms with Crippen LogP contribution in [0.1, 0.15) is 52.4 Å². The minimum atomic E-state index is -1.18. The number of fused-ring (bicyclic) bond motifs is 2. The quantitative estimate of drug-likeness (QED) is 0.189. The predicted molar refractivity (Wildman–Crippen MR) is 166 cm³/mol.